The maximum Gasteiger partial charge on any atom is 0.219 e. The molecule has 0 N–H and O–H groups in total. The Morgan fingerprint density at radius 2 is 2.23 bits per heavy atom. The van der Waals surface area contributed by atoms with E-state index >= 15 is 0 Å². The number of likely N-dealkylation sites (tertiary alicyclic amines) is 1. The van der Waals surface area contributed by atoms with Gasteiger partial charge in [-0.05, 0) is 32.1 Å². The summed E-state index contributed by atoms with van der Waals surface area (Å²) in [6.45, 7) is 2.56. The Morgan fingerprint density at radius 1 is 1.32 bits per heavy atom. The Morgan fingerprint density at radius 3 is 2.91 bits per heavy atom. The zero-order valence-corrected chi connectivity index (χ0v) is 12.9. The van der Waals surface area contributed by atoms with Crippen molar-refractivity contribution in [3.63, 3.8) is 0 Å². The summed E-state index contributed by atoms with van der Waals surface area (Å²) >= 11 is 0. The molecule has 6 nitrogen and oxygen atoms in total. The zero-order valence-electron chi connectivity index (χ0n) is 12.9. The summed E-state index contributed by atoms with van der Waals surface area (Å²) in [5, 5.41) is 0. The number of imidazole rings is 1. The normalized spacial score (nSPS) is 18.4. The lowest BCUT2D eigenvalue weighted by Crippen LogP contribution is -2.42. The van der Waals surface area contributed by atoms with Crippen molar-refractivity contribution in [1.29, 1.82) is 0 Å². The molecule has 0 aromatic carbocycles. The Hall–Kier alpha value is -2.24. The van der Waals surface area contributed by atoms with Gasteiger partial charge < -0.3 is 4.90 Å². The van der Waals surface area contributed by atoms with Gasteiger partial charge >= 0.3 is 0 Å². The Balaban J connectivity index is 1.60. The Kier molecular flexibility index (Phi) is 4.46. The number of rotatable bonds is 4. The molecule has 1 atom stereocenters. The average molecular weight is 299 g/mol. The summed E-state index contributed by atoms with van der Waals surface area (Å²) in [6.07, 6.45) is 14.1. The first-order valence-electron chi connectivity index (χ1n) is 7.80. The SMILES string of the molecule is CC(=O)N1CCCCC1CCc1cnc(-n2ccnc2)cn1. The van der Waals surface area contributed by atoms with E-state index in [0.29, 0.717) is 6.04 Å². The van der Waals surface area contributed by atoms with Crippen LogP contribution in [0.15, 0.2) is 31.1 Å². The fourth-order valence-corrected chi connectivity index (χ4v) is 3.03. The lowest BCUT2D eigenvalue weighted by molar-refractivity contribution is -0.132. The van der Waals surface area contributed by atoms with E-state index in [4.69, 9.17) is 0 Å². The van der Waals surface area contributed by atoms with Crippen molar-refractivity contribution in [1.82, 2.24) is 24.4 Å². The average Bonchev–Trinajstić information content (AvgIpc) is 3.08. The van der Waals surface area contributed by atoms with Crippen LogP contribution in [0, 0.1) is 0 Å². The van der Waals surface area contributed by atoms with E-state index in [1.165, 1.54) is 6.42 Å². The van der Waals surface area contributed by atoms with Gasteiger partial charge in [0.05, 0.1) is 18.1 Å². The van der Waals surface area contributed by atoms with E-state index in [0.717, 1.165) is 43.7 Å². The second-order valence-electron chi connectivity index (χ2n) is 5.74. The predicted octanol–water partition coefficient (Wildman–Crippen LogP) is 2.00. The maximum absolute atomic E-state index is 11.7. The van der Waals surface area contributed by atoms with Crippen LogP contribution in [0.1, 0.15) is 38.3 Å². The van der Waals surface area contributed by atoms with Crippen molar-refractivity contribution in [3.05, 3.63) is 36.8 Å². The lowest BCUT2D eigenvalue weighted by Gasteiger charge is -2.35. The van der Waals surface area contributed by atoms with Crippen LogP contribution in [0.2, 0.25) is 0 Å². The molecule has 0 spiro atoms. The van der Waals surface area contributed by atoms with E-state index in [1.54, 1.807) is 25.6 Å². The molecule has 1 saturated heterocycles. The van der Waals surface area contributed by atoms with Gasteiger partial charge in [-0.15, -0.1) is 0 Å². The first-order chi connectivity index (χ1) is 10.7. The molecule has 0 radical (unpaired) electrons. The number of amides is 1. The second kappa shape index (κ2) is 6.68. The molecule has 2 aromatic rings. The summed E-state index contributed by atoms with van der Waals surface area (Å²) < 4.78 is 1.83. The highest BCUT2D eigenvalue weighted by atomic mass is 16.2. The molecular weight excluding hydrogens is 278 g/mol. The van der Waals surface area contributed by atoms with Crippen LogP contribution in [-0.2, 0) is 11.2 Å². The van der Waals surface area contributed by atoms with Crippen LogP contribution in [0.3, 0.4) is 0 Å². The molecule has 0 bridgehead atoms. The van der Waals surface area contributed by atoms with Gasteiger partial charge in [-0.3, -0.25) is 14.3 Å². The van der Waals surface area contributed by atoms with Crippen LogP contribution in [0.5, 0.6) is 0 Å². The fourth-order valence-electron chi connectivity index (χ4n) is 3.03. The monoisotopic (exact) mass is 299 g/mol. The van der Waals surface area contributed by atoms with Gasteiger partial charge in [-0.25, -0.2) is 9.97 Å². The first kappa shape index (κ1) is 14.7. The largest absolute Gasteiger partial charge is 0.340 e. The van der Waals surface area contributed by atoms with Crippen molar-refractivity contribution in [2.24, 2.45) is 0 Å². The molecule has 0 aliphatic carbocycles. The Bertz CT molecular complexity index is 608. The molecule has 6 heteroatoms. The van der Waals surface area contributed by atoms with E-state index < -0.39 is 0 Å². The number of piperidine rings is 1. The summed E-state index contributed by atoms with van der Waals surface area (Å²) in [5.74, 6) is 0.954. The Labute approximate surface area is 130 Å². The van der Waals surface area contributed by atoms with E-state index in [9.17, 15) is 4.79 Å². The number of nitrogens with zero attached hydrogens (tertiary/aromatic N) is 5. The minimum Gasteiger partial charge on any atom is -0.340 e. The van der Waals surface area contributed by atoms with Gasteiger partial charge in [-0.1, -0.05) is 0 Å². The topological polar surface area (TPSA) is 63.9 Å². The summed E-state index contributed by atoms with van der Waals surface area (Å²) in [5.41, 5.74) is 0.970. The highest BCUT2D eigenvalue weighted by molar-refractivity contribution is 5.73. The fraction of sp³-hybridized carbons (Fsp3) is 0.500. The van der Waals surface area contributed by atoms with Gasteiger partial charge in [0.25, 0.3) is 0 Å². The zero-order chi connectivity index (χ0) is 15.4. The molecule has 1 aliphatic rings. The summed E-state index contributed by atoms with van der Waals surface area (Å²) in [4.78, 5) is 26.6. The second-order valence-corrected chi connectivity index (χ2v) is 5.74. The van der Waals surface area contributed by atoms with Crippen molar-refractivity contribution in [3.8, 4) is 5.82 Å². The van der Waals surface area contributed by atoms with E-state index in [2.05, 4.69) is 15.0 Å². The van der Waals surface area contributed by atoms with E-state index in [-0.39, 0.29) is 5.91 Å². The predicted molar refractivity (Wildman–Crippen MR) is 82.5 cm³/mol. The number of aromatic nitrogens is 4. The smallest absolute Gasteiger partial charge is 0.219 e. The third-order valence-electron chi connectivity index (χ3n) is 4.23. The quantitative estimate of drug-likeness (QED) is 0.866. The number of hydrogen-bond acceptors (Lipinski definition) is 4. The van der Waals surface area contributed by atoms with Gasteiger partial charge in [-0.2, -0.15) is 0 Å². The molecular formula is C16H21N5O. The van der Waals surface area contributed by atoms with Crippen molar-refractivity contribution < 1.29 is 4.79 Å². The van der Waals surface area contributed by atoms with Crippen LogP contribution in [0.25, 0.3) is 5.82 Å². The van der Waals surface area contributed by atoms with Crippen molar-refractivity contribution >= 4 is 5.91 Å². The van der Waals surface area contributed by atoms with Gasteiger partial charge in [0, 0.05) is 31.9 Å². The van der Waals surface area contributed by atoms with Crippen LogP contribution < -0.4 is 0 Å². The highest BCUT2D eigenvalue weighted by Gasteiger charge is 2.24. The standard InChI is InChI=1S/C16H21N5O/c1-13(22)21-8-3-2-4-15(21)6-5-14-10-19-16(11-18-14)20-9-7-17-12-20/h7,9-12,15H,2-6,8H2,1H3. The summed E-state index contributed by atoms with van der Waals surface area (Å²) in [6, 6.07) is 0.348. The molecule has 1 fully saturated rings. The minimum atomic E-state index is 0.186. The van der Waals surface area contributed by atoms with Crippen molar-refractivity contribution in [2.75, 3.05) is 6.54 Å². The number of carbonyl (C=O) groups is 1. The van der Waals surface area contributed by atoms with Crippen LogP contribution in [-0.4, -0.2) is 42.9 Å². The lowest BCUT2D eigenvalue weighted by atomic mass is 9.97. The number of aryl methyl sites for hydroxylation is 1. The van der Waals surface area contributed by atoms with Gasteiger partial charge in [0.1, 0.15) is 6.33 Å². The highest BCUT2D eigenvalue weighted by Crippen LogP contribution is 2.21. The molecule has 0 saturated carbocycles. The van der Waals surface area contributed by atoms with Crippen molar-refractivity contribution in [2.45, 2.75) is 45.1 Å². The van der Waals surface area contributed by atoms with Crippen LogP contribution >= 0.6 is 0 Å². The molecule has 22 heavy (non-hydrogen) atoms. The van der Waals surface area contributed by atoms with E-state index in [1.807, 2.05) is 21.9 Å². The maximum atomic E-state index is 11.7. The minimum absolute atomic E-state index is 0.186. The molecule has 3 rings (SSSR count). The molecule has 3 heterocycles. The summed E-state index contributed by atoms with van der Waals surface area (Å²) in [7, 11) is 0. The third kappa shape index (κ3) is 3.32. The molecule has 1 aliphatic heterocycles. The van der Waals surface area contributed by atoms with Gasteiger partial charge in [0.2, 0.25) is 5.91 Å². The first-order valence-corrected chi connectivity index (χ1v) is 7.80. The molecule has 116 valence electrons. The van der Waals surface area contributed by atoms with Crippen LogP contribution in [0.4, 0.5) is 0 Å². The molecule has 1 amide bonds. The van der Waals surface area contributed by atoms with Gasteiger partial charge in [0.15, 0.2) is 5.82 Å². The molecule has 1 unspecified atom stereocenters. The number of hydrogen-bond donors (Lipinski definition) is 0. The third-order valence-corrected chi connectivity index (χ3v) is 4.23. The molecule has 2 aromatic heterocycles. The number of carbonyl (C=O) groups excluding carboxylic acids is 1.